The molecule has 0 fully saturated rings. The summed E-state index contributed by atoms with van der Waals surface area (Å²) in [6, 6.07) is 14.3. The number of carbonyl (C=O) groups is 1. The van der Waals surface area contributed by atoms with Gasteiger partial charge in [0.1, 0.15) is 0 Å². The first-order chi connectivity index (χ1) is 12.7. The summed E-state index contributed by atoms with van der Waals surface area (Å²) in [5, 5.41) is 0. The Morgan fingerprint density at radius 2 is 2.12 bits per heavy atom. The van der Waals surface area contributed by atoms with Crippen molar-refractivity contribution in [3.63, 3.8) is 0 Å². The minimum Gasteiger partial charge on any atom is -0.333 e. The molecule has 0 bridgehead atoms. The molecule has 2 aromatic heterocycles. The Hall–Kier alpha value is -2.43. The van der Waals surface area contributed by atoms with Crippen molar-refractivity contribution >= 4 is 28.8 Å². The number of pyridine rings is 1. The van der Waals surface area contributed by atoms with Crippen LogP contribution in [0, 0.1) is 0 Å². The van der Waals surface area contributed by atoms with Crippen LogP contribution in [0.25, 0.3) is 11.1 Å². The van der Waals surface area contributed by atoms with Gasteiger partial charge in [0.05, 0.1) is 10.9 Å². The number of thiophene rings is 1. The molecule has 1 aliphatic rings. The number of rotatable bonds is 3. The number of amides is 1. The molecule has 0 aliphatic carbocycles. The molecule has 4 rings (SSSR count). The van der Waals surface area contributed by atoms with E-state index in [-0.39, 0.29) is 11.8 Å². The van der Waals surface area contributed by atoms with Gasteiger partial charge in [-0.1, -0.05) is 48.5 Å². The maximum absolute atomic E-state index is 12.3. The molecule has 0 saturated carbocycles. The number of hydrogen-bond acceptors (Lipinski definition) is 3. The van der Waals surface area contributed by atoms with Gasteiger partial charge in [-0.05, 0) is 34.9 Å². The molecule has 130 valence electrons. The molecule has 1 amide bonds. The molecule has 1 aromatic carbocycles. The van der Waals surface area contributed by atoms with Crippen LogP contribution in [0.3, 0.4) is 0 Å². The molecule has 1 atom stereocenters. The summed E-state index contributed by atoms with van der Waals surface area (Å²) in [5.41, 5.74) is 4.59. The SMILES string of the molecule is C=CC(=O)N1Cc2sc(Cl)cc2C(c2ccccc2-c2cccnc2)C1. The third kappa shape index (κ3) is 3.06. The van der Waals surface area contributed by atoms with Gasteiger partial charge < -0.3 is 4.90 Å². The topological polar surface area (TPSA) is 33.2 Å². The summed E-state index contributed by atoms with van der Waals surface area (Å²) in [6.45, 7) is 4.84. The lowest BCUT2D eigenvalue weighted by molar-refractivity contribution is -0.127. The first-order valence-electron chi connectivity index (χ1n) is 8.36. The summed E-state index contributed by atoms with van der Waals surface area (Å²) < 4.78 is 0.756. The van der Waals surface area contributed by atoms with Crippen molar-refractivity contribution < 1.29 is 4.79 Å². The average molecular weight is 381 g/mol. The smallest absolute Gasteiger partial charge is 0.246 e. The zero-order chi connectivity index (χ0) is 18.1. The number of fused-ring (bicyclic) bond motifs is 1. The van der Waals surface area contributed by atoms with E-state index in [1.165, 1.54) is 17.2 Å². The highest BCUT2D eigenvalue weighted by atomic mass is 35.5. The molecule has 1 aliphatic heterocycles. The molecule has 1 unspecified atom stereocenters. The van der Waals surface area contributed by atoms with E-state index in [1.54, 1.807) is 17.5 Å². The van der Waals surface area contributed by atoms with Crippen LogP contribution in [-0.2, 0) is 11.3 Å². The predicted molar refractivity (Wildman–Crippen MR) is 106 cm³/mol. The highest BCUT2D eigenvalue weighted by Crippen LogP contribution is 2.42. The molecular weight excluding hydrogens is 364 g/mol. The highest BCUT2D eigenvalue weighted by Gasteiger charge is 2.31. The van der Waals surface area contributed by atoms with Gasteiger partial charge in [-0.25, -0.2) is 0 Å². The Bertz CT molecular complexity index is 967. The molecule has 0 saturated heterocycles. The zero-order valence-corrected chi connectivity index (χ0v) is 15.6. The number of halogens is 1. The highest BCUT2D eigenvalue weighted by molar-refractivity contribution is 7.16. The number of benzene rings is 1. The molecule has 26 heavy (non-hydrogen) atoms. The number of aromatic nitrogens is 1. The lowest BCUT2D eigenvalue weighted by Gasteiger charge is -2.33. The standard InChI is InChI=1S/C21H17ClN2OS/c1-2-21(25)24-12-18(17-10-20(22)26-19(17)13-24)16-8-4-3-7-15(16)14-6-5-9-23-11-14/h2-11,18H,1,12-13H2. The van der Waals surface area contributed by atoms with E-state index in [4.69, 9.17) is 11.6 Å². The second-order valence-corrected chi connectivity index (χ2v) is 8.00. The van der Waals surface area contributed by atoms with Crippen LogP contribution in [0.4, 0.5) is 0 Å². The van der Waals surface area contributed by atoms with Crippen molar-refractivity contribution in [3.05, 3.63) is 87.9 Å². The molecule has 3 heterocycles. The Balaban J connectivity index is 1.84. The van der Waals surface area contributed by atoms with Crippen LogP contribution in [-0.4, -0.2) is 22.3 Å². The van der Waals surface area contributed by atoms with Gasteiger partial charge in [0.25, 0.3) is 0 Å². The second-order valence-electron chi connectivity index (χ2n) is 6.23. The van der Waals surface area contributed by atoms with E-state index in [0.717, 1.165) is 20.3 Å². The van der Waals surface area contributed by atoms with Crippen molar-refractivity contribution in [3.8, 4) is 11.1 Å². The summed E-state index contributed by atoms with van der Waals surface area (Å²) in [6.07, 6.45) is 5.02. The van der Waals surface area contributed by atoms with Gasteiger partial charge in [-0.2, -0.15) is 0 Å². The monoisotopic (exact) mass is 380 g/mol. The number of carbonyl (C=O) groups excluding carboxylic acids is 1. The molecule has 0 N–H and O–H groups in total. The predicted octanol–water partition coefficient (Wildman–Crippen LogP) is 5.12. The quantitative estimate of drug-likeness (QED) is 0.590. The molecule has 0 spiro atoms. The number of hydrogen-bond donors (Lipinski definition) is 0. The van der Waals surface area contributed by atoms with E-state index in [9.17, 15) is 4.79 Å². The van der Waals surface area contributed by atoms with E-state index in [0.29, 0.717) is 13.1 Å². The first-order valence-corrected chi connectivity index (χ1v) is 9.55. The van der Waals surface area contributed by atoms with Gasteiger partial charge >= 0.3 is 0 Å². The third-order valence-corrected chi connectivity index (χ3v) is 5.98. The largest absolute Gasteiger partial charge is 0.333 e. The minimum absolute atomic E-state index is 0.0518. The maximum Gasteiger partial charge on any atom is 0.246 e. The van der Waals surface area contributed by atoms with Crippen LogP contribution in [0.15, 0.2) is 67.5 Å². The van der Waals surface area contributed by atoms with Crippen LogP contribution in [0.1, 0.15) is 21.9 Å². The lowest BCUT2D eigenvalue weighted by Crippen LogP contribution is -2.37. The van der Waals surface area contributed by atoms with Crippen LogP contribution in [0.2, 0.25) is 4.34 Å². The van der Waals surface area contributed by atoms with E-state index in [1.807, 2.05) is 35.4 Å². The summed E-state index contributed by atoms with van der Waals surface area (Å²) in [4.78, 5) is 19.5. The Kier molecular flexibility index (Phi) is 4.62. The first kappa shape index (κ1) is 17.0. The van der Waals surface area contributed by atoms with E-state index in [2.05, 4.69) is 29.8 Å². The number of nitrogens with zero attached hydrogens (tertiary/aromatic N) is 2. The fourth-order valence-corrected chi connectivity index (χ4v) is 4.89. The normalized spacial score (nSPS) is 16.2. The van der Waals surface area contributed by atoms with Gasteiger partial charge in [0, 0.05) is 35.3 Å². The molecule has 3 nitrogen and oxygen atoms in total. The van der Waals surface area contributed by atoms with Crippen LogP contribution < -0.4 is 0 Å². The minimum atomic E-state index is -0.0518. The molecule has 0 radical (unpaired) electrons. The second kappa shape index (κ2) is 7.06. The van der Waals surface area contributed by atoms with Gasteiger partial charge in [0.2, 0.25) is 5.91 Å². The van der Waals surface area contributed by atoms with Crippen LogP contribution >= 0.6 is 22.9 Å². The van der Waals surface area contributed by atoms with Crippen molar-refractivity contribution in [2.45, 2.75) is 12.5 Å². The molecule has 5 heteroatoms. The average Bonchev–Trinajstić information content (AvgIpc) is 3.07. The Morgan fingerprint density at radius 3 is 2.88 bits per heavy atom. The van der Waals surface area contributed by atoms with Crippen molar-refractivity contribution in [1.29, 1.82) is 0 Å². The Labute approximate surface area is 161 Å². The molecular formula is C21H17ClN2OS. The maximum atomic E-state index is 12.3. The van der Waals surface area contributed by atoms with E-state index >= 15 is 0 Å². The lowest BCUT2D eigenvalue weighted by atomic mass is 9.84. The third-order valence-electron chi connectivity index (χ3n) is 4.72. The van der Waals surface area contributed by atoms with Gasteiger partial charge in [-0.3, -0.25) is 9.78 Å². The van der Waals surface area contributed by atoms with Crippen molar-refractivity contribution in [2.75, 3.05) is 6.54 Å². The van der Waals surface area contributed by atoms with Crippen LogP contribution in [0.5, 0.6) is 0 Å². The zero-order valence-electron chi connectivity index (χ0n) is 14.1. The van der Waals surface area contributed by atoms with Gasteiger partial charge in [-0.15, -0.1) is 11.3 Å². The molecule has 3 aromatic rings. The fraction of sp³-hybridized carbons (Fsp3) is 0.143. The summed E-state index contributed by atoms with van der Waals surface area (Å²) in [5.74, 6) is 0.0202. The summed E-state index contributed by atoms with van der Waals surface area (Å²) >= 11 is 7.85. The van der Waals surface area contributed by atoms with Crippen molar-refractivity contribution in [2.24, 2.45) is 0 Å². The van der Waals surface area contributed by atoms with Gasteiger partial charge in [0.15, 0.2) is 0 Å². The Morgan fingerprint density at radius 1 is 1.27 bits per heavy atom. The van der Waals surface area contributed by atoms with Crippen molar-refractivity contribution in [1.82, 2.24) is 9.88 Å². The fourth-order valence-electron chi connectivity index (χ4n) is 3.53. The summed E-state index contributed by atoms with van der Waals surface area (Å²) in [7, 11) is 0. The van der Waals surface area contributed by atoms with E-state index < -0.39 is 0 Å².